The zero-order valence-corrected chi connectivity index (χ0v) is 21.4. The lowest BCUT2D eigenvalue weighted by molar-refractivity contribution is -0.186. The fraction of sp³-hybridized carbons (Fsp3) is 0.125. The fourth-order valence-corrected chi connectivity index (χ4v) is 4.57. The van der Waals surface area contributed by atoms with Gasteiger partial charge in [0.05, 0.1) is 10.9 Å². The third-order valence-electron chi connectivity index (χ3n) is 6.67. The average Bonchev–Trinajstić information content (AvgIpc) is 2.95. The molecular formula is C32H20F8O. The van der Waals surface area contributed by atoms with E-state index in [2.05, 4.69) is 4.74 Å². The van der Waals surface area contributed by atoms with Gasteiger partial charge in [-0.2, -0.15) is 8.78 Å². The maximum absolute atomic E-state index is 15.2. The van der Waals surface area contributed by atoms with E-state index >= 15 is 13.2 Å². The Balaban J connectivity index is 1.47. The van der Waals surface area contributed by atoms with Crippen LogP contribution in [0.3, 0.4) is 0 Å². The smallest absolute Gasteiger partial charge is 0.426 e. The van der Waals surface area contributed by atoms with Gasteiger partial charge < -0.3 is 4.74 Å². The Labute approximate surface area is 229 Å². The van der Waals surface area contributed by atoms with Crippen molar-refractivity contribution in [3.8, 4) is 28.0 Å². The molecule has 5 aromatic carbocycles. The summed E-state index contributed by atoms with van der Waals surface area (Å²) in [5.41, 5.74) is 0.444. The lowest BCUT2D eigenvalue weighted by Gasteiger charge is -2.20. The number of hydrogen-bond donors (Lipinski definition) is 0. The monoisotopic (exact) mass is 572 g/mol. The predicted molar refractivity (Wildman–Crippen MR) is 140 cm³/mol. The quantitative estimate of drug-likeness (QED) is 0.139. The minimum absolute atomic E-state index is 0.0152. The van der Waals surface area contributed by atoms with Gasteiger partial charge in [-0.15, -0.1) is 0 Å². The number of halogens is 8. The van der Waals surface area contributed by atoms with Crippen LogP contribution in [-0.2, 0) is 12.5 Å². The minimum atomic E-state index is -3.95. The molecular weight excluding hydrogens is 552 g/mol. The third-order valence-corrected chi connectivity index (χ3v) is 6.67. The second-order valence-corrected chi connectivity index (χ2v) is 9.42. The molecule has 5 rings (SSSR count). The van der Waals surface area contributed by atoms with Crippen molar-refractivity contribution in [2.45, 2.75) is 25.9 Å². The van der Waals surface area contributed by atoms with Crippen LogP contribution in [0.25, 0.3) is 33.0 Å². The topological polar surface area (TPSA) is 9.23 Å². The van der Waals surface area contributed by atoms with Gasteiger partial charge in [-0.1, -0.05) is 55.8 Å². The number of aryl methyl sites for hydroxylation is 1. The van der Waals surface area contributed by atoms with Gasteiger partial charge in [0.15, 0.2) is 40.7 Å². The molecule has 41 heavy (non-hydrogen) atoms. The van der Waals surface area contributed by atoms with Crippen LogP contribution in [0.2, 0.25) is 0 Å². The number of benzene rings is 5. The van der Waals surface area contributed by atoms with Crippen LogP contribution in [0.15, 0.2) is 78.9 Å². The molecule has 0 amide bonds. The first kappa shape index (κ1) is 28.1. The minimum Gasteiger partial charge on any atom is -0.426 e. The molecule has 0 atom stereocenters. The van der Waals surface area contributed by atoms with Crippen LogP contribution in [0.5, 0.6) is 5.75 Å². The number of alkyl halides is 2. The Morgan fingerprint density at radius 3 is 1.83 bits per heavy atom. The maximum Gasteiger partial charge on any atom is 0.426 e. The SMILES string of the molecule is CCCc1ccc(C(F)(F)Oc2ccc3cc(-c4ccc(-c5cc(F)c(F)c(F)c5)cc4)c(F)c(F)c3c2F)cc1. The second-order valence-electron chi connectivity index (χ2n) is 9.42. The van der Waals surface area contributed by atoms with Gasteiger partial charge in [0.2, 0.25) is 0 Å². The molecule has 0 saturated carbocycles. The molecule has 0 heterocycles. The molecule has 0 radical (unpaired) electrons. The summed E-state index contributed by atoms with van der Waals surface area (Å²) in [7, 11) is 0. The molecule has 0 aliphatic rings. The first-order chi connectivity index (χ1) is 19.5. The van der Waals surface area contributed by atoms with Crippen molar-refractivity contribution >= 4 is 10.8 Å². The number of hydrogen-bond acceptors (Lipinski definition) is 1. The molecule has 0 spiro atoms. The van der Waals surface area contributed by atoms with Gasteiger partial charge in [-0.05, 0) is 70.5 Å². The second kappa shape index (κ2) is 10.9. The highest BCUT2D eigenvalue weighted by atomic mass is 19.3. The summed E-state index contributed by atoms with van der Waals surface area (Å²) < 4.78 is 120. The Hall–Kier alpha value is -4.40. The highest BCUT2D eigenvalue weighted by molar-refractivity contribution is 5.90. The van der Waals surface area contributed by atoms with E-state index in [1.165, 1.54) is 36.4 Å². The normalized spacial score (nSPS) is 11.7. The molecule has 0 fully saturated rings. The molecule has 9 heteroatoms. The van der Waals surface area contributed by atoms with E-state index in [1.807, 2.05) is 6.92 Å². The van der Waals surface area contributed by atoms with E-state index in [-0.39, 0.29) is 27.6 Å². The standard InChI is InChI=1S/C32H20F8O/c1-2-3-17-4-11-22(12-5-17)32(39,40)41-26-13-10-20-14-23(28(35)31(38)27(20)30(26)37)19-8-6-18(7-9-19)21-15-24(33)29(36)25(34)16-21/h4-16H,2-3H2,1H3. The zero-order chi connectivity index (χ0) is 29.5. The first-order valence-electron chi connectivity index (χ1n) is 12.5. The van der Waals surface area contributed by atoms with Gasteiger partial charge in [0, 0.05) is 5.56 Å². The summed E-state index contributed by atoms with van der Waals surface area (Å²) in [6.07, 6.45) is -2.44. The molecule has 0 aliphatic carbocycles. The van der Waals surface area contributed by atoms with Gasteiger partial charge in [0.1, 0.15) is 0 Å². The van der Waals surface area contributed by atoms with Gasteiger partial charge in [0.25, 0.3) is 0 Å². The van der Waals surface area contributed by atoms with Gasteiger partial charge in [-0.3, -0.25) is 0 Å². The zero-order valence-electron chi connectivity index (χ0n) is 21.4. The molecule has 1 nitrogen and oxygen atoms in total. The van der Waals surface area contributed by atoms with Crippen molar-refractivity contribution in [3.05, 3.63) is 125 Å². The molecule has 210 valence electrons. The Kier molecular flexibility index (Phi) is 7.46. The van der Waals surface area contributed by atoms with Crippen LogP contribution in [0.1, 0.15) is 24.5 Å². The summed E-state index contributed by atoms with van der Waals surface area (Å²) in [5, 5.41) is -0.991. The predicted octanol–water partition coefficient (Wildman–Crippen LogP) is 10.1. The van der Waals surface area contributed by atoms with Crippen LogP contribution in [0, 0.1) is 34.9 Å². The lowest BCUT2D eigenvalue weighted by Crippen LogP contribution is -2.22. The van der Waals surface area contributed by atoms with Gasteiger partial charge >= 0.3 is 6.11 Å². The van der Waals surface area contributed by atoms with Crippen molar-refractivity contribution in [1.82, 2.24) is 0 Å². The highest BCUT2D eigenvalue weighted by Crippen LogP contribution is 2.39. The molecule has 0 aliphatic heterocycles. The summed E-state index contributed by atoms with van der Waals surface area (Å²) >= 11 is 0. The van der Waals surface area contributed by atoms with Crippen LogP contribution in [-0.4, -0.2) is 0 Å². The van der Waals surface area contributed by atoms with E-state index < -0.39 is 57.7 Å². The number of rotatable bonds is 7. The van der Waals surface area contributed by atoms with Crippen molar-refractivity contribution in [2.24, 2.45) is 0 Å². The molecule has 0 N–H and O–H groups in total. The summed E-state index contributed by atoms with van der Waals surface area (Å²) in [6.45, 7) is 1.94. The third kappa shape index (κ3) is 5.36. The van der Waals surface area contributed by atoms with E-state index in [1.54, 1.807) is 0 Å². The molecule has 5 aromatic rings. The van der Waals surface area contributed by atoms with Crippen molar-refractivity contribution in [3.63, 3.8) is 0 Å². The lowest BCUT2D eigenvalue weighted by atomic mass is 9.97. The van der Waals surface area contributed by atoms with E-state index in [9.17, 15) is 22.0 Å². The summed E-state index contributed by atoms with van der Waals surface area (Å²) in [5.74, 6) is -9.92. The van der Waals surface area contributed by atoms with Crippen LogP contribution < -0.4 is 4.74 Å². The van der Waals surface area contributed by atoms with Crippen molar-refractivity contribution in [1.29, 1.82) is 0 Å². The number of fused-ring (bicyclic) bond motifs is 1. The average molecular weight is 572 g/mol. The van der Waals surface area contributed by atoms with Crippen molar-refractivity contribution in [2.75, 3.05) is 0 Å². The van der Waals surface area contributed by atoms with Crippen LogP contribution >= 0.6 is 0 Å². The number of ether oxygens (including phenoxy) is 1. The molecule has 0 unspecified atom stereocenters. The summed E-state index contributed by atoms with van der Waals surface area (Å²) in [4.78, 5) is 0. The molecule has 0 aromatic heterocycles. The van der Waals surface area contributed by atoms with E-state index in [0.29, 0.717) is 6.42 Å². The highest BCUT2D eigenvalue weighted by Gasteiger charge is 2.36. The van der Waals surface area contributed by atoms with Gasteiger partial charge in [-0.25, -0.2) is 26.3 Å². The largest absolute Gasteiger partial charge is 0.426 e. The van der Waals surface area contributed by atoms with Crippen LogP contribution in [0.4, 0.5) is 35.1 Å². The van der Waals surface area contributed by atoms with E-state index in [0.717, 1.165) is 54.4 Å². The Bertz CT molecular complexity index is 1720. The Morgan fingerprint density at radius 2 is 1.22 bits per heavy atom. The molecule has 0 saturated heterocycles. The first-order valence-corrected chi connectivity index (χ1v) is 12.5. The Morgan fingerprint density at radius 1 is 0.610 bits per heavy atom. The maximum atomic E-state index is 15.2. The van der Waals surface area contributed by atoms with Crippen molar-refractivity contribution < 1.29 is 39.9 Å². The summed E-state index contributed by atoms with van der Waals surface area (Å²) in [6, 6.07) is 15.4. The molecule has 0 bridgehead atoms. The van der Waals surface area contributed by atoms with E-state index in [4.69, 9.17) is 0 Å². The fourth-order valence-electron chi connectivity index (χ4n) is 4.57.